The van der Waals surface area contributed by atoms with Crippen LogP contribution in [0.5, 0.6) is 0 Å². The predicted molar refractivity (Wildman–Crippen MR) is 135 cm³/mol. The molecule has 0 atom stereocenters. The van der Waals surface area contributed by atoms with Gasteiger partial charge in [0.1, 0.15) is 0 Å². The lowest BCUT2D eigenvalue weighted by molar-refractivity contribution is 0.659. The third kappa shape index (κ3) is 5.30. The molecule has 0 amide bonds. The van der Waals surface area contributed by atoms with Crippen LogP contribution in [-0.2, 0) is 13.1 Å². The fraction of sp³-hybridized carbons (Fsp3) is 0.174. The van der Waals surface area contributed by atoms with Gasteiger partial charge in [0.25, 0.3) is 0 Å². The van der Waals surface area contributed by atoms with E-state index in [9.17, 15) is 0 Å². The number of halogens is 2. The van der Waals surface area contributed by atoms with Crippen molar-refractivity contribution in [3.8, 4) is 0 Å². The molecule has 2 aromatic heterocycles. The number of aryl methyl sites for hydroxylation is 1. The molecular formula is C23H22Cl2N6S. The summed E-state index contributed by atoms with van der Waals surface area (Å²) < 4.78 is 3.76. The van der Waals surface area contributed by atoms with Gasteiger partial charge in [-0.05, 0) is 49.3 Å². The normalized spacial score (nSPS) is 10.9. The van der Waals surface area contributed by atoms with Crippen molar-refractivity contribution in [1.82, 2.24) is 19.6 Å². The summed E-state index contributed by atoms with van der Waals surface area (Å²) in [5.41, 5.74) is 5.71. The maximum Gasteiger partial charge on any atom is 0.175 e. The van der Waals surface area contributed by atoms with E-state index in [4.69, 9.17) is 35.4 Å². The molecule has 2 aromatic carbocycles. The van der Waals surface area contributed by atoms with Crippen molar-refractivity contribution in [2.24, 2.45) is 0 Å². The molecule has 0 aliphatic heterocycles. The van der Waals surface area contributed by atoms with Crippen LogP contribution >= 0.6 is 35.4 Å². The van der Waals surface area contributed by atoms with Crippen LogP contribution in [0.2, 0.25) is 10.0 Å². The first-order chi connectivity index (χ1) is 15.4. The van der Waals surface area contributed by atoms with E-state index in [1.165, 1.54) is 5.56 Å². The SMILES string of the molecule is Cc1nn(Cc2ccccc2)c(C)c1NC(=S)Nc1cnn(Cc2ccc(Cl)cc2Cl)c1. The Morgan fingerprint density at radius 2 is 1.81 bits per heavy atom. The highest BCUT2D eigenvalue weighted by atomic mass is 35.5. The molecule has 0 spiro atoms. The van der Waals surface area contributed by atoms with Crippen LogP contribution in [0.3, 0.4) is 0 Å². The first kappa shape index (κ1) is 22.3. The van der Waals surface area contributed by atoms with E-state index in [2.05, 4.69) is 33.0 Å². The summed E-state index contributed by atoms with van der Waals surface area (Å²) in [5, 5.41) is 17.2. The number of aromatic nitrogens is 4. The van der Waals surface area contributed by atoms with Gasteiger partial charge in [-0.25, -0.2) is 0 Å². The number of thiocarbonyl (C=S) groups is 1. The fourth-order valence-electron chi connectivity index (χ4n) is 3.40. The van der Waals surface area contributed by atoms with Crippen LogP contribution in [-0.4, -0.2) is 24.7 Å². The van der Waals surface area contributed by atoms with E-state index in [1.807, 2.05) is 55.1 Å². The lowest BCUT2D eigenvalue weighted by Crippen LogP contribution is -2.19. The third-order valence-corrected chi connectivity index (χ3v) is 5.82. The first-order valence-corrected chi connectivity index (χ1v) is 11.2. The van der Waals surface area contributed by atoms with Gasteiger partial charge in [0.05, 0.1) is 42.0 Å². The van der Waals surface area contributed by atoms with E-state index < -0.39 is 0 Å². The van der Waals surface area contributed by atoms with Crippen molar-refractivity contribution < 1.29 is 0 Å². The quantitative estimate of drug-likeness (QED) is 0.333. The number of anilines is 2. The molecule has 0 saturated heterocycles. The van der Waals surface area contributed by atoms with Crippen molar-refractivity contribution in [2.45, 2.75) is 26.9 Å². The number of nitrogens with zero attached hydrogens (tertiary/aromatic N) is 4. The average Bonchev–Trinajstić information content (AvgIpc) is 3.30. The minimum Gasteiger partial charge on any atom is -0.330 e. The van der Waals surface area contributed by atoms with Gasteiger partial charge >= 0.3 is 0 Å². The largest absolute Gasteiger partial charge is 0.330 e. The maximum absolute atomic E-state index is 6.26. The van der Waals surface area contributed by atoms with Crippen molar-refractivity contribution in [3.05, 3.63) is 93.5 Å². The zero-order valence-electron chi connectivity index (χ0n) is 17.6. The van der Waals surface area contributed by atoms with Gasteiger partial charge in [-0.3, -0.25) is 9.36 Å². The van der Waals surface area contributed by atoms with Gasteiger partial charge in [-0.1, -0.05) is 59.6 Å². The monoisotopic (exact) mass is 484 g/mol. The van der Waals surface area contributed by atoms with Gasteiger partial charge in [-0.15, -0.1) is 0 Å². The second kappa shape index (κ2) is 9.73. The predicted octanol–water partition coefficient (Wildman–Crippen LogP) is 5.91. The van der Waals surface area contributed by atoms with E-state index in [1.54, 1.807) is 16.9 Å². The molecule has 164 valence electrons. The minimum absolute atomic E-state index is 0.472. The molecule has 0 fully saturated rings. The molecule has 0 radical (unpaired) electrons. The van der Waals surface area contributed by atoms with Crippen LogP contribution in [0, 0.1) is 13.8 Å². The number of nitrogens with one attached hydrogen (secondary N) is 2. The van der Waals surface area contributed by atoms with Gasteiger partial charge in [-0.2, -0.15) is 10.2 Å². The Morgan fingerprint density at radius 1 is 1.03 bits per heavy atom. The topological polar surface area (TPSA) is 59.7 Å². The molecule has 0 aliphatic rings. The van der Waals surface area contributed by atoms with Crippen molar-refractivity contribution >= 4 is 51.9 Å². The summed E-state index contributed by atoms with van der Waals surface area (Å²) in [5.74, 6) is 0. The van der Waals surface area contributed by atoms with Crippen LogP contribution in [0.1, 0.15) is 22.5 Å². The molecule has 0 aliphatic carbocycles. The summed E-state index contributed by atoms with van der Waals surface area (Å²) in [6, 6.07) is 15.7. The molecule has 0 unspecified atom stereocenters. The smallest absolute Gasteiger partial charge is 0.175 e. The Bertz CT molecular complexity index is 1250. The zero-order valence-corrected chi connectivity index (χ0v) is 20.0. The summed E-state index contributed by atoms with van der Waals surface area (Å²) >= 11 is 17.7. The van der Waals surface area contributed by atoms with Crippen LogP contribution in [0.25, 0.3) is 0 Å². The molecule has 6 nitrogen and oxygen atoms in total. The van der Waals surface area contributed by atoms with Crippen LogP contribution < -0.4 is 10.6 Å². The van der Waals surface area contributed by atoms with Crippen LogP contribution in [0.15, 0.2) is 60.9 Å². The highest BCUT2D eigenvalue weighted by Gasteiger charge is 2.13. The van der Waals surface area contributed by atoms with E-state index in [0.29, 0.717) is 28.2 Å². The number of rotatable bonds is 6. The van der Waals surface area contributed by atoms with Crippen molar-refractivity contribution in [2.75, 3.05) is 10.6 Å². The lowest BCUT2D eigenvalue weighted by atomic mass is 10.2. The van der Waals surface area contributed by atoms with Crippen molar-refractivity contribution in [1.29, 1.82) is 0 Å². The summed E-state index contributed by atoms with van der Waals surface area (Å²) in [4.78, 5) is 0. The maximum atomic E-state index is 6.26. The van der Waals surface area contributed by atoms with Crippen molar-refractivity contribution in [3.63, 3.8) is 0 Å². The Balaban J connectivity index is 1.40. The molecule has 0 saturated carbocycles. The van der Waals surface area contributed by atoms with E-state index >= 15 is 0 Å². The molecule has 9 heteroatoms. The highest BCUT2D eigenvalue weighted by molar-refractivity contribution is 7.80. The van der Waals surface area contributed by atoms with Gasteiger partial charge in [0.15, 0.2) is 5.11 Å². The third-order valence-electron chi connectivity index (χ3n) is 5.03. The van der Waals surface area contributed by atoms with Crippen LogP contribution in [0.4, 0.5) is 11.4 Å². The molecule has 2 N–H and O–H groups in total. The van der Waals surface area contributed by atoms with E-state index in [-0.39, 0.29) is 0 Å². The Labute approximate surface area is 202 Å². The molecular weight excluding hydrogens is 463 g/mol. The van der Waals surface area contributed by atoms with E-state index in [0.717, 1.165) is 28.3 Å². The average molecular weight is 485 g/mol. The lowest BCUT2D eigenvalue weighted by Gasteiger charge is -2.10. The first-order valence-electron chi connectivity index (χ1n) is 10.0. The Hall–Kier alpha value is -2.87. The molecule has 4 rings (SSSR count). The summed E-state index contributed by atoms with van der Waals surface area (Å²) in [6.07, 6.45) is 3.59. The second-order valence-electron chi connectivity index (χ2n) is 7.43. The molecule has 32 heavy (non-hydrogen) atoms. The van der Waals surface area contributed by atoms with Gasteiger partial charge in [0.2, 0.25) is 0 Å². The Morgan fingerprint density at radius 3 is 2.56 bits per heavy atom. The summed E-state index contributed by atoms with van der Waals surface area (Å²) in [6.45, 7) is 5.23. The molecule has 0 bridgehead atoms. The standard InChI is InChI=1S/C23H22Cl2N6S/c1-15-22(16(2)31(29-15)12-17-6-4-3-5-7-17)28-23(32)27-20-11-26-30(14-20)13-18-8-9-19(24)10-21(18)25/h3-11,14H,12-13H2,1-2H3,(H2,27,28,32). The zero-order chi connectivity index (χ0) is 22.7. The Kier molecular flexibility index (Phi) is 6.79. The van der Waals surface area contributed by atoms with Gasteiger partial charge in [0, 0.05) is 16.2 Å². The molecule has 4 aromatic rings. The number of benzene rings is 2. The fourth-order valence-corrected chi connectivity index (χ4v) is 4.09. The number of hydrogen-bond acceptors (Lipinski definition) is 3. The highest BCUT2D eigenvalue weighted by Crippen LogP contribution is 2.23. The van der Waals surface area contributed by atoms with Gasteiger partial charge < -0.3 is 10.6 Å². The molecule has 2 heterocycles. The minimum atomic E-state index is 0.472. The second-order valence-corrected chi connectivity index (χ2v) is 8.68. The summed E-state index contributed by atoms with van der Waals surface area (Å²) in [7, 11) is 0. The number of hydrogen-bond donors (Lipinski definition) is 2.